The van der Waals surface area contributed by atoms with E-state index in [2.05, 4.69) is 46.3 Å². The van der Waals surface area contributed by atoms with Gasteiger partial charge >= 0.3 is 0 Å². The van der Waals surface area contributed by atoms with Gasteiger partial charge in [0.15, 0.2) is 5.82 Å². The average Bonchev–Trinajstić information content (AvgIpc) is 3.04. The number of rotatable bonds is 5. The number of hydrogen-bond acceptors (Lipinski definition) is 4. The van der Waals surface area contributed by atoms with Gasteiger partial charge < -0.3 is 4.90 Å². The monoisotopic (exact) mass is 331 g/mol. The van der Waals surface area contributed by atoms with Gasteiger partial charge in [-0.3, -0.25) is 0 Å². The van der Waals surface area contributed by atoms with Crippen LogP contribution in [0.3, 0.4) is 0 Å². The van der Waals surface area contributed by atoms with Gasteiger partial charge in [0.25, 0.3) is 0 Å². The zero-order valence-electron chi connectivity index (χ0n) is 14.8. The molecule has 0 fully saturated rings. The van der Waals surface area contributed by atoms with Crippen LogP contribution in [0.4, 0.5) is 5.82 Å². The zero-order valence-corrected chi connectivity index (χ0v) is 14.8. The molecule has 0 aliphatic rings. The minimum absolute atomic E-state index is 0.344. The summed E-state index contributed by atoms with van der Waals surface area (Å²) in [7, 11) is 0. The van der Waals surface area contributed by atoms with Crippen molar-refractivity contribution in [3.8, 4) is 11.8 Å². The second kappa shape index (κ2) is 7.18. The number of benzene rings is 2. The first-order chi connectivity index (χ1) is 12.1. The van der Waals surface area contributed by atoms with E-state index >= 15 is 0 Å². The lowest BCUT2D eigenvalue weighted by Crippen LogP contribution is -2.23. The standard InChI is InChI=1S/C20H21N5/c1-4-24(14-17-8-6-5-7-9-17)20-19(13-21)22-25(23-20)18-11-15(2)10-16(3)12-18/h5-12H,4,14H2,1-3H3. The molecule has 0 saturated carbocycles. The fraction of sp³-hybridized carbons (Fsp3) is 0.250. The van der Waals surface area contributed by atoms with Gasteiger partial charge in [0, 0.05) is 13.1 Å². The number of nitrogens with zero attached hydrogens (tertiary/aromatic N) is 5. The van der Waals surface area contributed by atoms with Gasteiger partial charge in [-0.25, -0.2) is 0 Å². The summed E-state index contributed by atoms with van der Waals surface area (Å²) < 4.78 is 0. The van der Waals surface area contributed by atoms with Crippen LogP contribution in [-0.4, -0.2) is 21.5 Å². The summed E-state index contributed by atoms with van der Waals surface area (Å²) in [6.45, 7) is 7.58. The van der Waals surface area contributed by atoms with E-state index in [1.165, 1.54) is 5.56 Å². The third kappa shape index (κ3) is 3.69. The van der Waals surface area contributed by atoms with Gasteiger partial charge in [-0.1, -0.05) is 36.4 Å². The minimum Gasteiger partial charge on any atom is -0.349 e. The van der Waals surface area contributed by atoms with E-state index in [1.807, 2.05) is 44.2 Å². The van der Waals surface area contributed by atoms with Crippen molar-refractivity contribution in [2.24, 2.45) is 0 Å². The first-order valence-electron chi connectivity index (χ1n) is 8.35. The van der Waals surface area contributed by atoms with Crippen molar-refractivity contribution < 1.29 is 0 Å². The molecule has 2 aromatic carbocycles. The highest BCUT2D eigenvalue weighted by Gasteiger charge is 2.18. The summed E-state index contributed by atoms with van der Waals surface area (Å²) >= 11 is 0. The smallest absolute Gasteiger partial charge is 0.207 e. The van der Waals surface area contributed by atoms with Crippen LogP contribution >= 0.6 is 0 Å². The van der Waals surface area contributed by atoms with Crippen LogP contribution in [-0.2, 0) is 6.54 Å². The predicted octanol–water partition coefficient (Wildman–Crippen LogP) is 3.78. The highest BCUT2D eigenvalue weighted by atomic mass is 15.5. The van der Waals surface area contributed by atoms with E-state index < -0.39 is 0 Å². The van der Waals surface area contributed by atoms with Crippen molar-refractivity contribution in [2.45, 2.75) is 27.3 Å². The normalized spacial score (nSPS) is 10.5. The second-order valence-corrected chi connectivity index (χ2v) is 6.12. The van der Waals surface area contributed by atoms with E-state index in [-0.39, 0.29) is 0 Å². The molecule has 1 aromatic heterocycles. The summed E-state index contributed by atoms with van der Waals surface area (Å²) in [6, 6.07) is 18.5. The highest BCUT2D eigenvalue weighted by molar-refractivity contribution is 5.51. The first kappa shape index (κ1) is 16.7. The maximum Gasteiger partial charge on any atom is 0.207 e. The Morgan fingerprint density at radius 3 is 2.32 bits per heavy atom. The van der Waals surface area contributed by atoms with E-state index in [0.717, 1.165) is 23.4 Å². The van der Waals surface area contributed by atoms with Gasteiger partial charge in [0.05, 0.1) is 5.69 Å². The molecular weight excluding hydrogens is 310 g/mol. The fourth-order valence-electron chi connectivity index (χ4n) is 2.91. The SMILES string of the molecule is CCN(Cc1ccccc1)c1nn(-c2cc(C)cc(C)c2)nc1C#N. The second-order valence-electron chi connectivity index (χ2n) is 6.12. The Bertz CT molecular complexity index is 885. The Labute approximate surface area is 148 Å². The molecule has 0 saturated heterocycles. The highest BCUT2D eigenvalue weighted by Crippen LogP contribution is 2.20. The molecule has 0 amide bonds. The van der Waals surface area contributed by atoms with E-state index in [4.69, 9.17) is 0 Å². The number of hydrogen-bond donors (Lipinski definition) is 0. The van der Waals surface area contributed by atoms with E-state index in [1.54, 1.807) is 4.80 Å². The molecule has 3 aromatic rings. The van der Waals surface area contributed by atoms with Crippen LogP contribution in [0, 0.1) is 25.2 Å². The molecule has 0 aliphatic carbocycles. The molecular formula is C20H21N5. The summed E-state index contributed by atoms with van der Waals surface area (Å²) in [4.78, 5) is 3.63. The minimum atomic E-state index is 0.344. The molecule has 0 unspecified atom stereocenters. The number of aromatic nitrogens is 3. The van der Waals surface area contributed by atoms with Crippen molar-refractivity contribution >= 4 is 5.82 Å². The lowest BCUT2D eigenvalue weighted by atomic mass is 10.1. The lowest BCUT2D eigenvalue weighted by molar-refractivity contribution is 0.732. The molecule has 0 atom stereocenters. The topological polar surface area (TPSA) is 57.7 Å². The van der Waals surface area contributed by atoms with Gasteiger partial charge in [-0.15, -0.1) is 15.0 Å². The molecule has 0 bridgehead atoms. The zero-order chi connectivity index (χ0) is 17.8. The Hall–Kier alpha value is -3.13. The Balaban J connectivity index is 1.98. The third-order valence-corrected chi connectivity index (χ3v) is 4.04. The predicted molar refractivity (Wildman–Crippen MR) is 98.7 cm³/mol. The van der Waals surface area contributed by atoms with Crippen LogP contribution < -0.4 is 4.90 Å². The van der Waals surface area contributed by atoms with Crippen LogP contribution in [0.15, 0.2) is 48.5 Å². The number of nitriles is 1. The van der Waals surface area contributed by atoms with Gasteiger partial charge in [0.2, 0.25) is 5.69 Å². The van der Waals surface area contributed by atoms with Gasteiger partial charge in [-0.05, 0) is 49.6 Å². The summed E-state index contributed by atoms with van der Waals surface area (Å²) in [5.41, 5.74) is 4.68. The third-order valence-electron chi connectivity index (χ3n) is 4.04. The molecule has 0 spiro atoms. The molecule has 0 radical (unpaired) electrons. The summed E-state index contributed by atoms with van der Waals surface area (Å²) in [5.74, 6) is 0.619. The van der Waals surface area contributed by atoms with Crippen molar-refractivity contribution in [2.75, 3.05) is 11.4 Å². The summed E-state index contributed by atoms with van der Waals surface area (Å²) in [5, 5.41) is 18.5. The molecule has 126 valence electrons. The molecule has 5 heteroatoms. The van der Waals surface area contributed by atoms with Gasteiger partial charge in [0.1, 0.15) is 6.07 Å². The maximum absolute atomic E-state index is 9.51. The Morgan fingerprint density at radius 2 is 1.72 bits per heavy atom. The van der Waals surface area contributed by atoms with Crippen LogP contribution in [0.2, 0.25) is 0 Å². The molecule has 3 rings (SSSR count). The number of aryl methyl sites for hydroxylation is 2. The fourth-order valence-corrected chi connectivity index (χ4v) is 2.91. The lowest BCUT2D eigenvalue weighted by Gasteiger charge is -2.20. The van der Waals surface area contributed by atoms with Crippen LogP contribution in [0.25, 0.3) is 5.69 Å². The van der Waals surface area contributed by atoms with Crippen LogP contribution in [0.1, 0.15) is 29.3 Å². The largest absolute Gasteiger partial charge is 0.349 e. The number of anilines is 1. The van der Waals surface area contributed by atoms with Crippen molar-refractivity contribution in [1.82, 2.24) is 15.0 Å². The van der Waals surface area contributed by atoms with Gasteiger partial charge in [-0.2, -0.15) is 5.26 Å². The average molecular weight is 331 g/mol. The maximum atomic E-state index is 9.51. The van der Waals surface area contributed by atoms with E-state index in [0.29, 0.717) is 18.1 Å². The molecule has 25 heavy (non-hydrogen) atoms. The molecule has 0 aliphatic heterocycles. The van der Waals surface area contributed by atoms with Crippen molar-refractivity contribution in [3.05, 3.63) is 70.9 Å². The molecule has 0 N–H and O–H groups in total. The van der Waals surface area contributed by atoms with Crippen LogP contribution in [0.5, 0.6) is 0 Å². The first-order valence-corrected chi connectivity index (χ1v) is 8.35. The van der Waals surface area contributed by atoms with E-state index in [9.17, 15) is 5.26 Å². The molecule has 1 heterocycles. The summed E-state index contributed by atoms with van der Waals surface area (Å²) in [6.07, 6.45) is 0. The Kier molecular flexibility index (Phi) is 4.80. The Morgan fingerprint density at radius 1 is 1.04 bits per heavy atom. The molecule has 5 nitrogen and oxygen atoms in total. The van der Waals surface area contributed by atoms with Crippen molar-refractivity contribution in [1.29, 1.82) is 5.26 Å². The van der Waals surface area contributed by atoms with Crippen molar-refractivity contribution in [3.63, 3.8) is 0 Å². The quantitative estimate of drug-likeness (QED) is 0.714.